The Balaban J connectivity index is 1.87. The van der Waals surface area contributed by atoms with E-state index in [-0.39, 0.29) is 17.0 Å². The smallest absolute Gasteiger partial charge is 0.269 e. The van der Waals surface area contributed by atoms with Crippen molar-refractivity contribution in [2.45, 2.75) is 38.1 Å². The maximum atomic E-state index is 13.6. The Hall–Kier alpha value is -3.67. The summed E-state index contributed by atoms with van der Waals surface area (Å²) in [4.78, 5) is 25.9. The van der Waals surface area contributed by atoms with E-state index < -0.39 is 10.5 Å². The van der Waals surface area contributed by atoms with Crippen molar-refractivity contribution < 1.29 is 9.72 Å². The van der Waals surface area contributed by atoms with Gasteiger partial charge >= 0.3 is 0 Å². The summed E-state index contributed by atoms with van der Waals surface area (Å²) in [6.07, 6.45) is 0.708. The molecule has 0 saturated heterocycles. The number of nitrogen functional groups attached to an aromatic ring is 1. The monoisotopic (exact) mass is 415 g/mol. The predicted molar refractivity (Wildman–Crippen MR) is 122 cm³/mol. The molecule has 158 valence electrons. The Morgan fingerprint density at radius 2 is 1.65 bits per heavy atom. The van der Waals surface area contributed by atoms with Crippen LogP contribution in [0.25, 0.3) is 0 Å². The van der Waals surface area contributed by atoms with Crippen LogP contribution in [0, 0.1) is 10.1 Å². The summed E-state index contributed by atoms with van der Waals surface area (Å²) < 4.78 is 0. The molecule has 2 N–H and O–H groups in total. The number of carbonyl (C=O) groups excluding carboxylic acids is 1. The zero-order valence-electron chi connectivity index (χ0n) is 17.8. The third-order valence-corrected chi connectivity index (χ3v) is 6.19. The van der Waals surface area contributed by atoms with E-state index in [9.17, 15) is 14.9 Å². The number of hydrogen-bond donors (Lipinski definition) is 1. The molecule has 6 heteroatoms. The number of anilines is 2. The molecule has 3 aromatic carbocycles. The summed E-state index contributed by atoms with van der Waals surface area (Å²) in [5.41, 5.74) is 9.22. The number of carbonyl (C=O) groups is 1. The lowest BCUT2D eigenvalue weighted by atomic mass is 9.65. The van der Waals surface area contributed by atoms with E-state index in [1.165, 1.54) is 29.8 Å². The van der Waals surface area contributed by atoms with Gasteiger partial charge in [-0.05, 0) is 55.7 Å². The van der Waals surface area contributed by atoms with E-state index in [1.54, 1.807) is 4.90 Å². The fraction of sp³-hybridized carbons (Fsp3) is 0.240. The van der Waals surface area contributed by atoms with E-state index in [0.29, 0.717) is 17.7 Å². The molecule has 1 amide bonds. The number of amides is 1. The van der Waals surface area contributed by atoms with Gasteiger partial charge in [0.05, 0.1) is 10.6 Å². The minimum absolute atomic E-state index is 0.0456. The fourth-order valence-corrected chi connectivity index (χ4v) is 4.87. The molecule has 1 aliphatic heterocycles. The van der Waals surface area contributed by atoms with Crippen LogP contribution in [0.5, 0.6) is 0 Å². The largest absolute Gasteiger partial charge is 0.399 e. The van der Waals surface area contributed by atoms with Gasteiger partial charge in [0.2, 0.25) is 0 Å². The summed E-state index contributed by atoms with van der Waals surface area (Å²) >= 11 is 0. The molecule has 31 heavy (non-hydrogen) atoms. The van der Waals surface area contributed by atoms with E-state index in [4.69, 9.17) is 5.73 Å². The van der Waals surface area contributed by atoms with Gasteiger partial charge in [0.25, 0.3) is 11.6 Å². The average Bonchev–Trinajstić information content (AvgIpc) is 2.73. The highest BCUT2D eigenvalue weighted by Gasteiger charge is 2.48. The van der Waals surface area contributed by atoms with E-state index in [2.05, 4.69) is 19.1 Å². The Morgan fingerprint density at radius 3 is 2.26 bits per heavy atom. The molecular formula is C25H25N3O3. The summed E-state index contributed by atoms with van der Waals surface area (Å²) in [5, 5.41) is 11.0. The van der Waals surface area contributed by atoms with Crippen LogP contribution in [0.4, 0.5) is 17.1 Å². The molecule has 1 heterocycles. The summed E-state index contributed by atoms with van der Waals surface area (Å²) in [5.74, 6) is -0.207. The van der Waals surface area contributed by atoms with Crippen molar-refractivity contribution in [1.82, 2.24) is 0 Å². The topological polar surface area (TPSA) is 89.5 Å². The second-order valence-electron chi connectivity index (χ2n) is 8.91. The molecule has 0 aliphatic carbocycles. The fourth-order valence-electron chi connectivity index (χ4n) is 4.87. The third-order valence-electron chi connectivity index (χ3n) is 6.19. The number of fused-ring (bicyclic) bond motifs is 1. The van der Waals surface area contributed by atoms with E-state index >= 15 is 0 Å². The van der Waals surface area contributed by atoms with Crippen LogP contribution in [0.3, 0.4) is 0 Å². The maximum absolute atomic E-state index is 13.6. The average molecular weight is 415 g/mol. The maximum Gasteiger partial charge on any atom is 0.269 e. The van der Waals surface area contributed by atoms with Crippen LogP contribution in [-0.2, 0) is 5.41 Å². The van der Waals surface area contributed by atoms with Crippen molar-refractivity contribution in [3.63, 3.8) is 0 Å². The first-order valence-corrected chi connectivity index (χ1v) is 10.2. The van der Waals surface area contributed by atoms with Gasteiger partial charge in [-0.2, -0.15) is 0 Å². The Labute approximate surface area is 181 Å². The molecule has 0 radical (unpaired) electrons. The number of benzene rings is 3. The molecule has 4 rings (SSSR count). The van der Waals surface area contributed by atoms with Gasteiger partial charge in [-0.3, -0.25) is 14.9 Å². The number of nitro groups is 1. The first kappa shape index (κ1) is 20.6. The van der Waals surface area contributed by atoms with Crippen LogP contribution in [0.1, 0.15) is 48.7 Å². The SMILES string of the molecule is CC1(C)C[C@@](C)(c2ccccc2)c2ccc(N)cc2N1C(=O)c1ccc([N+](=O)[O-])cc1. The highest BCUT2D eigenvalue weighted by Crippen LogP contribution is 2.51. The number of non-ortho nitro benzene ring substituents is 1. The third kappa shape index (κ3) is 3.44. The zero-order chi connectivity index (χ0) is 22.4. The van der Waals surface area contributed by atoms with Crippen LogP contribution < -0.4 is 10.6 Å². The predicted octanol–water partition coefficient (Wildman–Crippen LogP) is 5.31. The van der Waals surface area contributed by atoms with Gasteiger partial charge < -0.3 is 10.6 Å². The second kappa shape index (κ2) is 7.23. The van der Waals surface area contributed by atoms with Gasteiger partial charge in [0, 0.05) is 34.3 Å². The number of nitrogens with two attached hydrogens (primary N) is 1. The van der Waals surface area contributed by atoms with Gasteiger partial charge in [-0.1, -0.05) is 43.3 Å². The van der Waals surface area contributed by atoms with E-state index in [1.807, 2.05) is 50.2 Å². The number of hydrogen-bond acceptors (Lipinski definition) is 4. The van der Waals surface area contributed by atoms with E-state index in [0.717, 1.165) is 11.3 Å². The molecule has 0 unspecified atom stereocenters. The van der Waals surface area contributed by atoms with Gasteiger partial charge in [-0.15, -0.1) is 0 Å². The van der Waals surface area contributed by atoms with Gasteiger partial charge in [0.15, 0.2) is 0 Å². The van der Waals surface area contributed by atoms with Crippen LogP contribution >= 0.6 is 0 Å². The molecule has 0 fully saturated rings. The highest BCUT2D eigenvalue weighted by atomic mass is 16.6. The molecule has 0 aromatic heterocycles. The molecular weight excluding hydrogens is 390 g/mol. The van der Waals surface area contributed by atoms with Crippen LogP contribution in [0.15, 0.2) is 72.8 Å². The highest BCUT2D eigenvalue weighted by molar-refractivity contribution is 6.08. The molecule has 1 aliphatic rings. The molecule has 0 saturated carbocycles. The second-order valence-corrected chi connectivity index (χ2v) is 8.91. The Kier molecular flexibility index (Phi) is 4.81. The molecule has 3 aromatic rings. The number of nitrogens with zero attached hydrogens (tertiary/aromatic N) is 2. The Bertz CT molecular complexity index is 1160. The molecule has 6 nitrogen and oxygen atoms in total. The van der Waals surface area contributed by atoms with Crippen molar-refractivity contribution in [3.05, 3.63) is 99.6 Å². The van der Waals surface area contributed by atoms with Crippen LogP contribution in [-0.4, -0.2) is 16.4 Å². The summed E-state index contributed by atoms with van der Waals surface area (Å²) in [7, 11) is 0. The van der Waals surface area contributed by atoms with Crippen molar-refractivity contribution in [2.75, 3.05) is 10.6 Å². The standard InChI is InChI=1S/C25H25N3O3/c1-24(2)16-25(3,18-7-5-4-6-8-18)21-14-11-19(26)15-22(21)27(24)23(29)17-9-12-20(13-10-17)28(30)31/h4-15H,16,26H2,1-3H3/t25-/m0/s1. The molecule has 1 atom stereocenters. The lowest BCUT2D eigenvalue weighted by molar-refractivity contribution is -0.384. The van der Waals surface area contributed by atoms with Crippen molar-refractivity contribution in [3.8, 4) is 0 Å². The van der Waals surface area contributed by atoms with Gasteiger partial charge in [0.1, 0.15) is 0 Å². The van der Waals surface area contributed by atoms with Crippen LogP contribution in [0.2, 0.25) is 0 Å². The van der Waals surface area contributed by atoms with Gasteiger partial charge in [-0.25, -0.2) is 0 Å². The number of rotatable bonds is 3. The Morgan fingerprint density at radius 1 is 1.00 bits per heavy atom. The van der Waals surface area contributed by atoms with Crippen molar-refractivity contribution in [1.29, 1.82) is 0 Å². The lowest BCUT2D eigenvalue weighted by Gasteiger charge is -2.51. The molecule has 0 spiro atoms. The molecule has 0 bridgehead atoms. The zero-order valence-corrected chi connectivity index (χ0v) is 17.8. The summed E-state index contributed by atoms with van der Waals surface area (Å²) in [6, 6.07) is 21.7. The summed E-state index contributed by atoms with van der Waals surface area (Å²) in [6.45, 7) is 6.29. The normalized spacial score (nSPS) is 19.5. The minimum Gasteiger partial charge on any atom is -0.399 e. The lowest BCUT2D eigenvalue weighted by Crippen LogP contribution is -2.55. The quantitative estimate of drug-likeness (QED) is 0.356. The first-order valence-electron chi connectivity index (χ1n) is 10.2. The minimum atomic E-state index is -0.524. The van der Waals surface area contributed by atoms with Crippen molar-refractivity contribution >= 4 is 23.0 Å². The van der Waals surface area contributed by atoms with Crippen molar-refractivity contribution in [2.24, 2.45) is 0 Å². The number of nitro benzene ring substituents is 1. The first-order chi connectivity index (χ1) is 14.6.